The molecule has 0 aromatic heterocycles. The number of hydrogen-bond acceptors (Lipinski definition) is 2. The largest absolute Gasteiger partial charge is 0.375 e. The van der Waals surface area contributed by atoms with E-state index in [4.69, 9.17) is 4.74 Å². The molecule has 0 atom stereocenters. The molecule has 0 aromatic rings. The highest BCUT2D eigenvalue weighted by Crippen LogP contribution is 2.43. The Balaban J connectivity index is 1.65. The Kier molecular flexibility index (Phi) is 6.58. The van der Waals surface area contributed by atoms with Crippen LogP contribution in [0.2, 0.25) is 0 Å². The molecule has 2 rings (SSSR count). The molecular formula is C21H41NO. The fourth-order valence-electron chi connectivity index (χ4n) is 4.59. The molecule has 2 fully saturated rings. The highest BCUT2D eigenvalue weighted by Gasteiger charge is 2.34. The van der Waals surface area contributed by atoms with Gasteiger partial charge in [-0.1, -0.05) is 20.8 Å². The van der Waals surface area contributed by atoms with E-state index in [1.54, 1.807) is 0 Å². The SMILES string of the molecule is CC(C)(C)OCCN1CCC(C2CCC(C(C)(C)C)CC2)CC1. The Bertz CT molecular complexity index is 336. The van der Waals surface area contributed by atoms with Crippen molar-refractivity contribution in [3.63, 3.8) is 0 Å². The zero-order chi connectivity index (χ0) is 17.1. The van der Waals surface area contributed by atoms with E-state index in [2.05, 4.69) is 46.4 Å². The Morgan fingerprint density at radius 2 is 1.30 bits per heavy atom. The van der Waals surface area contributed by atoms with Gasteiger partial charge in [-0.25, -0.2) is 0 Å². The normalized spacial score (nSPS) is 29.0. The summed E-state index contributed by atoms with van der Waals surface area (Å²) in [4.78, 5) is 2.61. The van der Waals surface area contributed by atoms with Gasteiger partial charge in [-0.3, -0.25) is 0 Å². The maximum absolute atomic E-state index is 5.88. The molecule has 0 aromatic carbocycles. The Morgan fingerprint density at radius 3 is 1.78 bits per heavy atom. The monoisotopic (exact) mass is 323 g/mol. The summed E-state index contributed by atoms with van der Waals surface area (Å²) < 4.78 is 5.88. The summed E-state index contributed by atoms with van der Waals surface area (Å²) >= 11 is 0. The molecule has 2 nitrogen and oxygen atoms in total. The molecule has 2 heteroatoms. The summed E-state index contributed by atoms with van der Waals surface area (Å²) in [7, 11) is 0. The van der Waals surface area contributed by atoms with Gasteiger partial charge >= 0.3 is 0 Å². The lowest BCUT2D eigenvalue weighted by molar-refractivity contribution is -0.0181. The van der Waals surface area contributed by atoms with Gasteiger partial charge in [0.1, 0.15) is 0 Å². The molecule has 0 N–H and O–H groups in total. The van der Waals surface area contributed by atoms with E-state index < -0.39 is 0 Å². The Morgan fingerprint density at radius 1 is 0.783 bits per heavy atom. The van der Waals surface area contributed by atoms with Crippen molar-refractivity contribution in [2.75, 3.05) is 26.2 Å². The van der Waals surface area contributed by atoms with E-state index in [9.17, 15) is 0 Å². The fourth-order valence-corrected chi connectivity index (χ4v) is 4.59. The van der Waals surface area contributed by atoms with Crippen LogP contribution in [0.25, 0.3) is 0 Å². The lowest BCUT2D eigenvalue weighted by atomic mass is 9.66. The van der Waals surface area contributed by atoms with Crippen molar-refractivity contribution in [2.45, 2.75) is 85.7 Å². The van der Waals surface area contributed by atoms with E-state index in [0.29, 0.717) is 5.41 Å². The van der Waals surface area contributed by atoms with Crippen molar-refractivity contribution in [1.29, 1.82) is 0 Å². The average Bonchev–Trinajstić information content (AvgIpc) is 2.46. The number of hydrogen-bond donors (Lipinski definition) is 0. The number of piperidine rings is 1. The third-order valence-electron chi connectivity index (χ3n) is 6.24. The van der Waals surface area contributed by atoms with Crippen molar-refractivity contribution in [1.82, 2.24) is 4.90 Å². The van der Waals surface area contributed by atoms with E-state index in [1.807, 2.05) is 0 Å². The molecule has 1 saturated carbocycles. The lowest BCUT2D eigenvalue weighted by Crippen LogP contribution is -2.39. The number of ether oxygens (including phenoxy) is 1. The van der Waals surface area contributed by atoms with Crippen LogP contribution in [0, 0.1) is 23.2 Å². The first-order chi connectivity index (χ1) is 10.6. The van der Waals surface area contributed by atoms with Crippen molar-refractivity contribution >= 4 is 0 Å². The minimum atomic E-state index is 0.00398. The third kappa shape index (κ3) is 6.38. The van der Waals surface area contributed by atoms with E-state index >= 15 is 0 Å². The highest BCUT2D eigenvalue weighted by atomic mass is 16.5. The molecular weight excluding hydrogens is 282 g/mol. The van der Waals surface area contributed by atoms with Crippen molar-refractivity contribution in [3.05, 3.63) is 0 Å². The average molecular weight is 324 g/mol. The topological polar surface area (TPSA) is 12.5 Å². The number of likely N-dealkylation sites (tertiary alicyclic amines) is 1. The smallest absolute Gasteiger partial charge is 0.0600 e. The van der Waals surface area contributed by atoms with Crippen LogP contribution >= 0.6 is 0 Å². The van der Waals surface area contributed by atoms with Gasteiger partial charge in [0.15, 0.2) is 0 Å². The molecule has 1 aliphatic heterocycles. The van der Waals surface area contributed by atoms with Crippen LogP contribution in [0.4, 0.5) is 0 Å². The van der Waals surface area contributed by atoms with Crippen molar-refractivity contribution in [3.8, 4) is 0 Å². The van der Waals surface area contributed by atoms with Crippen LogP contribution in [0.5, 0.6) is 0 Å². The molecule has 0 unspecified atom stereocenters. The third-order valence-corrected chi connectivity index (χ3v) is 6.24. The van der Waals surface area contributed by atoms with Gasteiger partial charge in [0.25, 0.3) is 0 Å². The van der Waals surface area contributed by atoms with Gasteiger partial charge in [-0.05, 0) is 95.6 Å². The van der Waals surface area contributed by atoms with Crippen molar-refractivity contribution in [2.24, 2.45) is 23.2 Å². The van der Waals surface area contributed by atoms with Crippen LogP contribution in [0.1, 0.15) is 80.1 Å². The maximum Gasteiger partial charge on any atom is 0.0600 e. The summed E-state index contributed by atoms with van der Waals surface area (Å²) in [6.07, 6.45) is 8.74. The first kappa shape index (κ1) is 19.2. The second-order valence-electron chi connectivity index (χ2n) is 10.1. The van der Waals surface area contributed by atoms with Gasteiger partial charge in [-0.2, -0.15) is 0 Å². The highest BCUT2D eigenvalue weighted by molar-refractivity contribution is 4.85. The molecule has 0 amide bonds. The van der Waals surface area contributed by atoms with Gasteiger partial charge in [0.2, 0.25) is 0 Å². The predicted octanol–water partition coefficient (Wildman–Crippen LogP) is 5.37. The molecule has 1 heterocycles. The molecule has 136 valence electrons. The summed E-state index contributed by atoms with van der Waals surface area (Å²) in [6.45, 7) is 18.3. The second kappa shape index (κ2) is 7.87. The number of nitrogens with zero attached hydrogens (tertiary/aromatic N) is 1. The van der Waals surface area contributed by atoms with Gasteiger partial charge in [0.05, 0.1) is 12.2 Å². The van der Waals surface area contributed by atoms with Crippen molar-refractivity contribution < 1.29 is 4.74 Å². The lowest BCUT2D eigenvalue weighted by Gasteiger charge is -2.42. The standard InChI is InChI=1S/C21H41NO/c1-20(2,3)19-9-7-17(8-10-19)18-11-13-22(14-12-18)15-16-23-21(4,5)6/h17-19H,7-16H2,1-6H3. The molecule has 1 aliphatic carbocycles. The summed E-state index contributed by atoms with van der Waals surface area (Å²) in [5.41, 5.74) is 0.519. The molecule has 0 spiro atoms. The Hall–Kier alpha value is -0.0800. The zero-order valence-electron chi connectivity index (χ0n) is 16.7. The summed E-state index contributed by atoms with van der Waals surface area (Å²) in [5.74, 6) is 2.96. The molecule has 0 radical (unpaired) electrons. The minimum absolute atomic E-state index is 0.00398. The van der Waals surface area contributed by atoms with Crippen LogP contribution in [0.15, 0.2) is 0 Å². The molecule has 1 saturated heterocycles. The van der Waals surface area contributed by atoms with E-state index in [-0.39, 0.29) is 5.60 Å². The maximum atomic E-state index is 5.88. The van der Waals surface area contributed by atoms with Crippen LogP contribution in [0.3, 0.4) is 0 Å². The Labute approximate surface area is 145 Å². The quantitative estimate of drug-likeness (QED) is 0.690. The molecule has 23 heavy (non-hydrogen) atoms. The second-order valence-corrected chi connectivity index (χ2v) is 10.1. The first-order valence-corrected chi connectivity index (χ1v) is 10.0. The zero-order valence-corrected chi connectivity index (χ0v) is 16.7. The molecule has 2 aliphatic rings. The van der Waals surface area contributed by atoms with Gasteiger partial charge in [-0.15, -0.1) is 0 Å². The van der Waals surface area contributed by atoms with Crippen LogP contribution < -0.4 is 0 Å². The molecule has 0 bridgehead atoms. The predicted molar refractivity (Wildman–Crippen MR) is 99.8 cm³/mol. The minimum Gasteiger partial charge on any atom is -0.375 e. The van der Waals surface area contributed by atoms with E-state index in [0.717, 1.165) is 30.9 Å². The summed E-state index contributed by atoms with van der Waals surface area (Å²) in [5, 5.41) is 0. The fraction of sp³-hybridized carbons (Fsp3) is 1.00. The van der Waals surface area contributed by atoms with Gasteiger partial charge < -0.3 is 9.64 Å². The van der Waals surface area contributed by atoms with Gasteiger partial charge in [0, 0.05) is 6.54 Å². The first-order valence-electron chi connectivity index (χ1n) is 10.0. The summed E-state index contributed by atoms with van der Waals surface area (Å²) in [6, 6.07) is 0. The van der Waals surface area contributed by atoms with Crippen LogP contribution in [-0.4, -0.2) is 36.7 Å². The number of rotatable bonds is 4. The van der Waals surface area contributed by atoms with E-state index in [1.165, 1.54) is 51.6 Å². The van der Waals surface area contributed by atoms with Crippen LogP contribution in [-0.2, 0) is 4.74 Å².